The van der Waals surface area contributed by atoms with Crippen LogP contribution in [0.4, 0.5) is 0 Å². The Balaban J connectivity index is 2.57. The molecule has 76 valence electrons. The van der Waals surface area contributed by atoms with E-state index in [-0.39, 0.29) is 0 Å². The summed E-state index contributed by atoms with van der Waals surface area (Å²) in [6, 6.07) is 1.14. The van der Waals surface area contributed by atoms with Gasteiger partial charge in [-0.25, -0.2) is 9.48 Å². The third-order valence-electron chi connectivity index (χ3n) is 1.76. The van der Waals surface area contributed by atoms with Gasteiger partial charge in [0.1, 0.15) is 5.69 Å². The Morgan fingerprint density at radius 1 is 1.53 bits per heavy atom. The Hall–Kier alpha value is -2.44. The summed E-state index contributed by atoms with van der Waals surface area (Å²) in [6.07, 6.45) is 4.37. The Labute approximate surface area is 83.0 Å². The highest BCUT2D eigenvalue weighted by Crippen LogP contribution is 2.00. The fourth-order valence-electron chi connectivity index (χ4n) is 1.07. The number of aromatic nitrogens is 4. The molecule has 0 saturated heterocycles. The number of aromatic carboxylic acids is 1. The van der Waals surface area contributed by atoms with Crippen molar-refractivity contribution in [3.63, 3.8) is 0 Å². The van der Waals surface area contributed by atoms with E-state index in [0.29, 0.717) is 5.69 Å². The molecule has 2 rings (SSSR count). The van der Waals surface area contributed by atoms with Crippen molar-refractivity contribution >= 4 is 5.97 Å². The second-order valence-electron chi connectivity index (χ2n) is 2.73. The van der Waals surface area contributed by atoms with Crippen LogP contribution in [-0.2, 0) is 0 Å². The average molecular weight is 206 g/mol. The SMILES string of the molecule is O=C(O)c1nn(-c2cn[nH]c2)ccc1=O. The molecule has 0 amide bonds. The maximum Gasteiger partial charge on any atom is 0.360 e. The van der Waals surface area contributed by atoms with Gasteiger partial charge in [-0.3, -0.25) is 9.89 Å². The van der Waals surface area contributed by atoms with E-state index >= 15 is 0 Å². The van der Waals surface area contributed by atoms with Gasteiger partial charge >= 0.3 is 5.97 Å². The molecule has 7 heteroatoms. The maximum atomic E-state index is 11.1. The van der Waals surface area contributed by atoms with Gasteiger partial charge in [-0.05, 0) is 0 Å². The van der Waals surface area contributed by atoms with Crippen molar-refractivity contribution in [2.24, 2.45) is 0 Å². The highest BCUT2D eigenvalue weighted by Gasteiger charge is 2.11. The maximum absolute atomic E-state index is 11.1. The summed E-state index contributed by atoms with van der Waals surface area (Å²) in [5.41, 5.74) is -0.585. The van der Waals surface area contributed by atoms with E-state index in [2.05, 4.69) is 15.3 Å². The molecule has 0 atom stereocenters. The monoisotopic (exact) mass is 206 g/mol. The molecule has 2 aromatic heterocycles. The number of hydrogen-bond donors (Lipinski definition) is 2. The van der Waals surface area contributed by atoms with Gasteiger partial charge in [-0.15, -0.1) is 0 Å². The lowest BCUT2D eigenvalue weighted by Gasteiger charge is -2.00. The molecule has 0 radical (unpaired) electrons. The zero-order chi connectivity index (χ0) is 10.8. The van der Waals surface area contributed by atoms with Crippen LogP contribution in [0.1, 0.15) is 10.5 Å². The molecule has 0 unspecified atom stereocenters. The lowest BCUT2D eigenvalue weighted by Crippen LogP contribution is -2.20. The van der Waals surface area contributed by atoms with E-state index in [0.717, 1.165) is 6.07 Å². The van der Waals surface area contributed by atoms with Crippen molar-refractivity contribution < 1.29 is 9.90 Å². The molecular formula is C8H6N4O3. The third kappa shape index (κ3) is 1.62. The Bertz CT molecular complexity index is 543. The smallest absolute Gasteiger partial charge is 0.360 e. The predicted octanol–water partition coefficient (Wildman–Crippen LogP) is -0.346. The van der Waals surface area contributed by atoms with Crippen molar-refractivity contribution in [3.8, 4) is 5.69 Å². The first-order valence-electron chi connectivity index (χ1n) is 4.01. The molecular weight excluding hydrogens is 200 g/mol. The zero-order valence-corrected chi connectivity index (χ0v) is 7.41. The van der Waals surface area contributed by atoms with Crippen molar-refractivity contribution in [2.45, 2.75) is 0 Å². The topological polar surface area (TPSA) is 101 Å². The van der Waals surface area contributed by atoms with E-state index in [9.17, 15) is 9.59 Å². The van der Waals surface area contributed by atoms with Crippen LogP contribution in [0.2, 0.25) is 0 Å². The summed E-state index contributed by atoms with van der Waals surface area (Å²) < 4.78 is 1.26. The van der Waals surface area contributed by atoms with E-state index in [4.69, 9.17) is 5.11 Å². The number of nitrogens with zero attached hydrogens (tertiary/aromatic N) is 3. The number of carboxylic acid groups (broad SMARTS) is 1. The van der Waals surface area contributed by atoms with Crippen LogP contribution in [0, 0.1) is 0 Å². The lowest BCUT2D eigenvalue weighted by atomic mass is 10.4. The quantitative estimate of drug-likeness (QED) is 0.699. The molecule has 0 saturated carbocycles. The molecule has 2 N–H and O–H groups in total. The highest BCUT2D eigenvalue weighted by atomic mass is 16.4. The summed E-state index contributed by atoms with van der Waals surface area (Å²) in [6.45, 7) is 0. The third-order valence-corrected chi connectivity index (χ3v) is 1.76. The van der Waals surface area contributed by atoms with Gasteiger partial charge in [0.2, 0.25) is 11.1 Å². The van der Waals surface area contributed by atoms with Crippen LogP contribution in [0.5, 0.6) is 0 Å². The van der Waals surface area contributed by atoms with Crippen molar-refractivity contribution in [3.05, 3.63) is 40.6 Å². The summed E-state index contributed by atoms with van der Waals surface area (Å²) in [5, 5.41) is 18.6. The number of rotatable bonds is 2. The fourth-order valence-corrected chi connectivity index (χ4v) is 1.07. The summed E-state index contributed by atoms with van der Waals surface area (Å²) in [5.74, 6) is -1.35. The number of carboxylic acids is 1. The number of H-pyrrole nitrogens is 1. The largest absolute Gasteiger partial charge is 0.476 e. The number of aromatic amines is 1. The van der Waals surface area contributed by atoms with Gasteiger partial charge in [0.05, 0.1) is 6.20 Å². The van der Waals surface area contributed by atoms with Gasteiger partial charge < -0.3 is 5.11 Å². The average Bonchev–Trinajstić information content (AvgIpc) is 2.71. The number of hydrogen-bond acceptors (Lipinski definition) is 4. The Morgan fingerprint density at radius 2 is 2.33 bits per heavy atom. The van der Waals surface area contributed by atoms with Gasteiger partial charge in [-0.1, -0.05) is 0 Å². The normalized spacial score (nSPS) is 10.1. The van der Waals surface area contributed by atoms with E-state index < -0.39 is 17.1 Å². The first-order chi connectivity index (χ1) is 7.18. The van der Waals surface area contributed by atoms with Gasteiger partial charge in [0.25, 0.3) is 0 Å². The van der Waals surface area contributed by atoms with Gasteiger partial charge in [0.15, 0.2) is 0 Å². The van der Waals surface area contributed by atoms with Crippen LogP contribution in [0.15, 0.2) is 29.5 Å². The van der Waals surface area contributed by atoms with Crippen LogP contribution in [0.25, 0.3) is 5.69 Å². The summed E-state index contributed by atoms with van der Waals surface area (Å²) in [4.78, 5) is 21.7. The molecule has 15 heavy (non-hydrogen) atoms. The molecule has 7 nitrogen and oxygen atoms in total. The molecule has 0 aliphatic carbocycles. The van der Waals surface area contributed by atoms with Crippen molar-refractivity contribution in [1.82, 2.24) is 20.0 Å². The van der Waals surface area contributed by atoms with Crippen molar-refractivity contribution in [2.75, 3.05) is 0 Å². The Kier molecular flexibility index (Phi) is 2.05. The molecule has 0 aliphatic heterocycles. The molecule has 0 fully saturated rings. The number of nitrogens with one attached hydrogen (secondary N) is 1. The Morgan fingerprint density at radius 3 is 2.93 bits per heavy atom. The molecule has 2 aromatic rings. The molecule has 0 bridgehead atoms. The van der Waals surface area contributed by atoms with Crippen molar-refractivity contribution in [1.29, 1.82) is 0 Å². The minimum Gasteiger partial charge on any atom is -0.476 e. The van der Waals surface area contributed by atoms with Crippen LogP contribution >= 0.6 is 0 Å². The van der Waals surface area contributed by atoms with E-state index in [1.807, 2.05) is 0 Å². The fraction of sp³-hybridized carbons (Fsp3) is 0. The second-order valence-corrected chi connectivity index (χ2v) is 2.73. The lowest BCUT2D eigenvalue weighted by molar-refractivity contribution is 0.0687. The molecule has 0 aliphatic rings. The number of carbonyl (C=O) groups is 1. The minimum absolute atomic E-state index is 0.515. The van der Waals surface area contributed by atoms with Gasteiger partial charge in [-0.2, -0.15) is 10.2 Å². The summed E-state index contributed by atoms with van der Waals surface area (Å²) >= 11 is 0. The highest BCUT2D eigenvalue weighted by molar-refractivity contribution is 5.84. The standard InChI is InChI=1S/C8H6N4O3/c13-6-1-2-12(5-3-9-10-4-5)11-7(6)8(14)15/h1-4H,(H,9,10)(H,14,15). The zero-order valence-electron chi connectivity index (χ0n) is 7.41. The molecule has 0 aromatic carbocycles. The van der Waals surface area contributed by atoms with E-state index in [1.54, 1.807) is 0 Å². The summed E-state index contributed by atoms with van der Waals surface area (Å²) in [7, 11) is 0. The first-order valence-corrected chi connectivity index (χ1v) is 4.01. The van der Waals surface area contributed by atoms with E-state index in [1.165, 1.54) is 23.3 Å². The van der Waals surface area contributed by atoms with Gasteiger partial charge in [0, 0.05) is 18.5 Å². The predicted molar refractivity (Wildman–Crippen MR) is 48.9 cm³/mol. The molecule has 2 heterocycles. The second kappa shape index (κ2) is 3.37. The minimum atomic E-state index is -1.35. The molecule has 0 spiro atoms. The van der Waals surface area contributed by atoms with Crippen LogP contribution < -0.4 is 5.43 Å². The van der Waals surface area contributed by atoms with Crippen LogP contribution in [-0.4, -0.2) is 31.1 Å². The first kappa shape index (κ1) is 9.13. The van der Waals surface area contributed by atoms with Crippen LogP contribution in [0.3, 0.4) is 0 Å².